The Labute approximate surface area is 162 Å². The van der Waals surface area contributed by atoms with Crippen molar-refractivity contribution in [2.45, 2.75) is 6.61 Å². The molecular weight excluding hydrogens is 382 g/mol. The van der Waals surface area contributed by atoms with Gasteiger partial charge in [0.1, 0.15) is 6.61 Å². The fourth-order valence-electron chi connectivity index (χ4n) is 2.50. The van der Waals surface area contributed by atoms with E-state index in [9.17, 15) is 9.59 Å². The monoisotopic (exact) mass is 395 g/mol. The van der Waals surface area contributed by atoms with Gasteiger partial charge < -0.3 is 9.15 Å². The van der Waals surface area contributed by atoms with Crippen LogP contribution in [0.25, 0.3) is 10.8 Å². The largest absolute Gasteiger partial charge is 0.462 e. The lowest BCUT2D eigenvalue weighted by Crippen LogP contribution is -2.12. The summed E-state index contributed by atoms with van der Waals surface area (Å²) < 4.78 is 10.7. The lowest BCUT2D eigenvalue weighted by Gasteiger charge is -2.07. The molecule has 0 unspecified atom stereocenters. The molecule has 27 heavy (non-hydrogen) atoms. The van der Waals surface area contributed by atoms with Crippen LogP contribution in [0.3, 0.4) is 0 Å². The maximum absolute atomic E-state index is 12.6. The average molecular weight is 395 g/mol. The predicted molar refractivity (Wildman–Crippen MR) is 103 cm³/mol. The fraction of sp³-hybridized carbons (Fsp3) is 0.0500. The number of carbonyl (C=O) groups excluding carboxylic acids is 2. The lowest BCUT2D eigenvalue weighted by molar-refractivity contribution is 0.0466. The number of furan rings is 1. The number of benzene rings is 1. The highest BCUT2D eigenvalue weighted by molar-refractivity contribution is 7.13. The summed E-state index contributed by atoms with van der Waals surface area (Å²) in [5.41, 5.74) is 1.21. The second-order valence-corrected chi connectivity index (χ2v) is 7.36. The summed E-state index contributed by atoms with van der Waals surface area (Å²) in [6.45, 7) is 0.0254. The molecule has 0 saturated heterocycles. The van der Waals surface area contributed by atoms with Gasteiger partial charge in [0, 0.05) is 10.9 Å². The van der Waals surface area contributed by atoms with E-state index in [1.165, 1.54) is 22.7 Å². The first-order valence-corrected chi connectivity index (χ1v) is 9.81. The van der Waals surface area contributed by atoms with Crippen molar-refractivity contribution in [3.05, 3.63) is 87.3 Å². The Balaban J connectivity index is 1.48. The Morgan fingerprint density at radius 3 is 2.59 bits per heavy atom. The number of aromatic nitrogens is 1. The number of rotatable bonds is 6. The fourth-order valence-corrected chi connectivity index (χ4v) is 3.95. The molecule has 5 nitrogen and oxygen atoms in total. The third-order valence-electron chi connectivity index (χ3n) is 3.77. The second kappa shape index (κ2) is 7.69. The van der Waals surface area contributed by atoms with Gasteiger partial charge in [-0.25, -0.2) is 9.78 Å². The maximum Gasteiger partial charge on any atom is 0.339 e. The first kappa shape index (κ1) is 17.4. The van der Waals surface area contributed by atoms with Crippen molar-refractivity contribution in [3.63, 3.8) is 0 Å². The second-order valence-electron chi connectivity index (χ2n) is 5.55. The van der Waals surface area contributed by atoms with Crippen molar-refractivity contribution in [3.8, 4) is 10.8 Å². The molecule has 0 N–H and O–H groups in total. The van der Waals surface area contributed by atoms with E-state index >= 15 is 0 Å². The molecule has 0 amide bonds. The van der Waals surface area contributed by atoms with Crippen molar-refractivity contribution in [1.29, 1.82) is 0 Å². The third-order valence-corrected chi connectivity index (χ3v) is 5.55. The molecule has 0 aliphatic carbocycles. The Morgan fingerprint density at radius 2 is 1.85 bits per heavy atom. The smallest absolute Gasteiger partial charge is 0.339 e. The molecule has 0 fully saturated rings. The molecule has 0 atom stereocenters. The van der Waals surface area contributed by atoms with E-state index in [1.54, 1.807) is 48.7 Å². The minimum absolute atomic E-state index is 0.0254. The zero-order valence-corrected chi connectivity index (χ0v) is 15.6. The van der Waals surface area contributed by atoms with Crippen LogP contribution in [0.1, 0.15) is 31.3 Å². The Morgan fingerprint density at radius 1 is 1.00 bits per heavy atom. The van der Waals surface area contributed by atoms with E-state index in [0.29, 0.717) is 21.9 Å². The SMILES string of the molecule is O=C(OCc1csc(-c2ccco2)n1)c1ccccc1C(=O)c1cccs1. The molecule has 7 heteroatoms. The number of carbonyl (C=O) groups is 2. The van der Waals surface area contributed by atoms with Crippen molar-refractivity contribution in [2.75, 3.05) is 0 Å². The molecule has 0 radical (unpaired) electrons. The maximum atomic E-state index is 12.6. The van der Waals surface area contributed by atoms with Gasteiger partial charge in [0.2, 0.25) is 5.78 Å². The van der Waals surface area contributed by atoms with Gasteiger partial charge in [-0.05, 0) is 29.6 Å². The summed E-state index contributed by atoms with van der Waals surface area (Å²) in [5.74, 6) is -0.0705. The zero-order valence-electron chi connectivity index (χ0n) is 14.0. The van der Waals surface area contributed by atoms with E-state index < -0.39 is 5.97 Å². The van der Waals surface area contributed by atoms with E-state index in [0.717, 1.165) is 5.01 Å². The summed E-state index contributed by atoms with van der Waals surface area (Å²) in [7, 11) is 0. The third kappa shape index (κ3) is 3.74. The number of nitrogens with zero attached hydrogens (tertiary/aromatic N) is 1. The van der Waals surface area contributed by atoms with Crippen LogP contribution >= 0.6 is 22.7 Å². The molecule has 0 bridgehead atoms. The van der Waals surface area contributed by atoms with Crippen LogP contribution in [0, 0.1) is 0 Å². The molecule has 0 aliphatic heterocycles. The van der Waals surface area contributed by atoms with Crippen LogP contribution in [0.5, 0.6) is 0 Å². The summed E-state index contributed by atoms with van der Waals surface area (Å²) in [6, 6.07) is 13.8. The quantitative estimate of drug-likeness (QED) is 0.337. The van der Waals surface area contributed by atoms with Gasteiger partial charge in [-0.2, -0.15) is 0 Å². The van der Waals surface area contributed by atoms with Gasteiger partial charge in [-0.15, -0.1) is 22.7 Å². The highest BCUT2D eigenvalue weighted by atomic mass is 32.1. The van der Waals surface area contributed by atoms with Crippen molar-refractivity contribution >= 4 is 34.4 Å². The minimum Gasteiger partial charge on any atom is -0.462 e. The average Bonchev–Trinajstić information content (AvgIpc) is 3.47. The highest BCUT2D eigenvalue weighted by Crippen LogP contribution is 2.24. The highest BCUT2D eigenvalue weighted by Gasteiger charge is 2.20. The van der Waals surface area contributed by atoms with Gasteiger partial charge in [0.05, 0.1) is 22.4 Å². The summed E-state index contributed by atoms with van der Waals surface area (Å²) in [6.07, 6.45) is 1.58. The van der Waals surface area contributed by atoms with Crippen LogP contribution in [0.2, 0.25) is 0 Å². The minimum atomic E-state index is -0.553. The predicted octanol–water partition coefficient (Wildman–Crippen LogP) is 5.05. The molecule has 0 spiro atoms. The molecular formula is C20H13NO4S2. The molecule has 4 rings (SSSR count). The van der Waals surface area contributed by atoms with E-state index in [1.807, 2.05) is 16.8 Å². The number of esters is 1. The number of ether oxygens (including phenoxy) is 1. The molecule has 1 aromatic carbocycles. The number of ketones is 1. The molecule has 0 aliphatic rings. The van der Waals surface area contributed by atoms with Crippen molar-refractivity contribution in [1.82, 2.24) is 4.98 Å². The van der Waals surface area contributed by atoms with Crippen LogP contribution in [-0.4, -0.2) is 16.7 Å². The van der Waals surface area contributed by atoms with E-state index in [4.69, 9.17) is 9.15 Å². The molecule has 0 saturated carbocycles. The van der Waals surface area contributed by atoms with Gasteiger partial charge in [-0.1, -0.05) is 24.3 Å². The van der Waals surface area contributed by atoms with Gasteiger partial charge in [0.15, 0.2) is 10.8 Å². The van der Waals surface area contributed by atoms with Crippen LogP contribution < -0.4 is 0 Å². The Bertz CT molecular complexity index is 1070. The molecule has 3 aromatic heterocycles. The number of hydrogen-bond acceptors (Lipinski definition) is 7. The van der Waals surface area contributed by atoms with Crippen molar-refractivity contribution < 1.29 is 18.7 Å². The number of thiazole rings is 1. The standard InChI is InChI=1S/C20H13NO4S2/c22-18(17-8-4-10-26-17)14-5-1-2-6-15(14)20(23)25-11-13-12-27-19(21-13)16-7-3-9-24-16/h1-10,12H,11H2. The molecule has 3 heterocycles. The van der Waals surface area contributed by atoms with Gasteiger partial charge in [-0.3, -0.25) is 4.79 Å². The summed E-state index contributed by atoms with van der Waals surface area (Å²) >= 11 is 2.75. The number of thiophene rings is 1. The van der Waals surface area contributed by atoms with Crippen LogP contribution in [0.15, 0.2) is 70.0 Å². The lowest BCUT2D eigenvalue weighted by atomic mass is 10.0. The summed E-state index contributed by atoms with van der Waals surface area (Å²) in [4.78, 5) is 30.1. The van der Waals surface area contributed by atoms with Crippen LogP contribution in [-0.2, 0) is 11.3 Å². The summed E-state index contributed by atoms with van der Waals surface area (Å²) in [5, 5.41) is 4.36. The van der Waals surface area contributed by atoms with Crippen LogP contribution in [0.4, 0.5) is 0 Å². The van der Waals surface area contributed by atoms with Gasteiger partial charge >= 0.3 is 5.97 Å². The van der Waals surface area contributed by atoms with Crippen molar-refractivity contribution in [2.24, 2.45) is 0 Å². The number of hydrogen-bond donors (Lipinski definition) is 0. The van der Waals surface area contributed by atoms with E-state index in [2.05, 4.69) is 4.98 Å². The Kier molecular flexibility index (Phi) is 4.95. The zero-order chi connectivity index (χ0) is 18.6. The Hall–Kier alpha value is -3.03. The molecule has 4 aromatic rings. The van der Waals surface area contributed by atoms with Gasteiger partial charge in [0.25, 0.3) is 0 Å². The normalized spacial score (nSPS) is 10.7. The molecule has 134 valence electrons. The first-order valence-electron chi connectivity index (χ1n) is 8.05. The van der Waals surface area contributed by atoms with E-state index in [-0.39, 0.29) is 18.0 Å². The first-order chi connectivity index (χ1) is 13.2. The topological polar surface area (TPSA) is 69.4 Å².